The third-order valence-corrected chi connectivity index (χ3v) is 5.98. The van der Waals surface area contributed by atoms with Crippen molar-refractivity contribution in [3.8, 4) is 5.75 Å². The molecule has 0 aliphatic rings. The molecule has 1 atom stereocenters. The molecule has 0 spiro atoms. The van der Waals surface area contributed by atoms with Crippen LogP contribution in [0.2, 0.25) is 0 Å². The lowest BCUT2D eigenvalue weighted by atomic mass is 10.1. The number of aryl methyl sites for hydroxylation is 1. The number of rotatable bonds is 7. The molecule has 0 bridgehead atoms. The zero-order valence-corrected chi connectivity index (χ0v) is 17.2. The number of methoxy groups -OCH3 is 1. The first-order chi connectivity index (χ1) is 13.1. The van der Waals surface area contributed by atoms with E-state index in [0.717, 1.165) is 9.87 Å². The van der Waals surface area contributed by atoms with Crippen LogP contribution in [0.1, 0.15) is 33.2 Å². The van der Waals surface area contributed by atoms with Crippen molar-refractivity contribution in [1.82, 2.24) is 4.31 Å². The molecule has 0 unspecified atom stereocenters. The van der Waals surface area contributed by atoms with Gasteiger partial charge in [-0.15, -0.1) is 0 Å². The molecule has 150 valence electrons. The zero-order chi connectivity index (χ0) is 21.1. The number of carbonyl (C=O) groups excluding carboxylic acids is 2. The van der Waals surface area contributed by atoms with E-state index in [1.54, 1.807) is 24.3 Å². The summed E-state index contributed by atoms with van der Waals surface area (Å²) >= 11 is 0. The Labute approximate surface area is 164 Å². The number of carbonyl (C=O) groups is 2. The number of ether oxygens (including phenoxy) is 2. The lowest BCUT2D eigenvalue weighted by molar-refractivity contribution is 0.0318. The predicted molar refractivity (Wildman–Crippen MR) is 104 cm³/mol. The van der Waals surface area contributed by atoms with Crippen LogP contribution >= 0.6 is 0 Å². The van der Waals surface area contributed by atoms with Gasteiger partial charge in [-0.2, -0.15) is 0 Å². The number of Topliss-reactive ketones (excluding diaryl/α,β-unsaturated/α-hetero) is 1. The van der Waals surface area contributed by atoms with E-state index in [2.05, 4.69) is 0 Å². The fourth-order valence-electron chi connectivity index (χ4n) is 2.44. The van der Waals surface area contributed by atoms with E-state index in [4.69, 9.17) is 9.47 Å². The first-order valence-electron chi connectivity index (χ1n) is 8.50. The lowest BCUT2D eigenvalue weighted by Gasteiger charge is -2.16. The van der Waals surface area contributed by atoms with Gasteiger partial charge in [-0.05, 0) is 32.0 Å². The highest BCUT2D eigenvalue weighted by Gasteiger charge is 2.26. The van der Waals surface area contributed by atoms with Crippen LogP contribution in [0.25, 0.3) is 0 Å². The Bertz CT molecular complexity index is 980. The minimum absolute atomic E-state index is 0.00443. The highest BCUT2D eigenvalue weighted by molar-refractivity contribution is 7.89. The molecule has 0 aliphatic carbocycles. The largest absolute Gasteiger partial charge is 0.495 e. The van der Waals surface area contributed by atoms with Crippen molar-refractivity contribution in [2.75, 3.05) is 21.2 Å². The van der Waals surface area contributed by atoms with Crippen LogP contribution in [0.15, 0.2) is 47.4 Å². The molecular weight excluding hydrogens is 382 g/mol. The molecule has 0 N–H and O–H groups in total. The van der Waals surface area contributed by atoms with Crippen molar-refractivity contribution in [2.45, 2.75) is 24.8 Å². The van der Waals surface area contributed by atoms with Gasteiger partial charge in [-0.1, -0.05) is 29.8 Å². The summed E-state index contributed by atoms with van der Waals surface area (Å²) in [4.78, 5) is 24.7. The predicted octanol–water partition coefficient (Wildman–Crippen LogP) is 2.68. The molecule has 8 heteroatoms. The van der Waals surface area contributed by atoms with E-state index >= 15 is 0 Å². The van der Waals surface area contributed by atoms with Gasteiger partial charge in [0.1, 0.15) is 10.6 Å². The average Bonchev–Trinajstić information content (AvgIpc) is 2.67. The molecule has 28 heavy (non-hydrogen) atoms. The normalized spacial score (nSPS) is 12.5. The number of hydrogen-bond donors (Lipinski definition) is 0. The number of benzene rings is 2. The molecule has 0 amide bonds. The number of sulfonamides is 1. The van der Waals surface area contributed by atoms with Crippen LogP contribution in [-0.2, 0) is 14.8 Å². The van der Waals surface area contributed by atoms with E-state index < -0.39 is 22.1 Å². The van der Waals surface area contributed by atoms with Crippen LogP contribution in [0.5, 0.6) is 5.75 Å². The van der Waals surface area contributed by atoms with Crippen molar-refractivity contribution in [3.63, 3.8) is 0 Å². The Morgan fingerprint density at radius 2 is 1.57 bits per heavy atom. The summed E-state index contributed by atoms with van der Waals surface area (Å²) < 4.78 is 36.3. The van der Waals surface area contributed by atoms with E-state index in [-0.39, 0.29) is 22.0 Å². The summed E-state index contributed by atoms with van der Waals surface area (Å²) in [5.41, 5.74) is 1.44. The molecular formula is C20H23NO6S. The van der Waals surface area contributed by atoms with Gasteiger partial charge >= 0.3 is 5.97 Å². The van der Waals surface area contributed by atoms with Crippen molar-refractivity contribution < 1.29 is 27.5 Å². The van der Waals surface area contributed by atoms with Crippen LogP contribution < -0.4 is 4.74 Å². The van der Waals surface area contributed by atoms with Crippen molar-refractivity contribution in [2.24, 2.45) is 0 Å². The quantitative estimate of drug-likeness (QED) is 0.520. The third kappa shape index (κ3) is 4.58. The summed E-state index contributed by atoms with van der Waals surface area (Å²) in [7, 11) is 0.258. The Kier molecular flexibility index (Phi) is 6.58. The fraction of sp³-hybridized carbons (Fsp3) is 0.300. The Hall–Kier alpha value is -2.71. The zero-order valence-electron chi connectivity index (χ0n) is 16.4. The second-order valence-electron chi connectivity index (χ2n) is 6.43. The molecule has 0 aromatic heterocycles. The standard InChI is InChI=1S/C20H23NO6S/c1-13-6-8-15(9-7-13)19(22)14(2)27-20(23)16-10-11-17(26-5)18(12-16)28(24,25)21(3)4/h6-12,14H,1-5H3/t14-/m1/s1. The highest BCUT2D eigenvalue weighted by atomic mass is 32.2. The number of hydrogen-bond acceptors (Lipinski definition) is 6. The van der Waals surface area contributed by atoms with E-state index in [9.17, 15) is 18.0 Å². The minimum Gasteiger partial charge on any atom is -0.495 e. The molecule has 0 saturated heterocycles. The Morgan fingerprint density at radius 3 is 2.11 bits per heavy atom. The van der Waals surface area contributed by atoms with Gasteiger partial charge in [0.2, 0.25) is 15.8 Å². The van der Waals surface area contributed by atoms with Gasteiger partial charge in [0.05, 0.1) is 12.7 Å². The molecule has 0 saturated carbocycles. The smallest absolute Gasteiger partial charge is 0.338 e. The number of esters is 1. The molecule has 0 heterocycles. The third-order valence-electron chi connectivity index (χ3n) is 4.15. The second kappa shape index (κ2) is 8.53. The monoisotopic (exact) mass is 405 g/mol. The van der Waals surface area contributed by atoms with Gasteiger partial charge in [0, 0.05) is 19.7 Å². The van der Waals surface area contributed by atoms with E-state index in [0.29, 0.717) is 5.56 Å². The van der Waals surface area contributed by atoms with E-state index in [1.807, 2.05) is 6.92 Å². The SMILES string of the molecule is COc1ccc(C(=O)O[C@H](C)C(=O)c2ccc(C)cc2)cc1S(=O)(=O)N(C)C. The van der Waals surface area contributed by atoms with Crippen LogP contribution in [0.4, 0.5) is 0 Å². The van der Waals surface area contributed by atoms with Crippen molar-refractivity contribution in [1.29, 1.82) is 0 Å². The van der Waals surface area contributed by atoms with Gasteiger partial charge < -0.3 is 9.47 Å². The maximum atomic E-state index is 12.5. The lowest BCUT2D eigenvalue weighted by Crippen LogP contribution is -2.25. The minimum atomic E-state index is -3.83. The summed E-state index contributed by atoms with van der Waals surface area (Å²) in [6, 6.07) is 10.9. The highest BCUT2D eigenvalue weighted by Crippen LogP contribution is 2.27. The van der Waals surface area contributed by atoms with Crippen LogP contribution in [-0.4, -0.2) is 51.8 Å². The van der Waals surface area contributed by atoms with Gasteiger partial charge in [0.15, 0.2) is 6.10 Å². The molecule has 0 fully saturated rings. The van der Waals surface area contributed by atoms with E-state index in [1.165, 1.54) is 46.3 Å². The van der Waals surface area contributed by atoms with Crippen molar-refractivity contribution in [3.05, 3.63) is 59.2 Å². The molecule has 0 radical (unpaired) electrons. The molecule has 2 rings (SSSR count). The second-order valence-corrected chi connectivity index (χ2v) is 8.55. The summed E-state index contributed by atoms with van der Waals surface area (Å²) in [5, 5.41) is 0. The first-order valence-corrected chi connectivity index (χ1v) is 9.94. The number of nitrogens with zero attached hydrogens (tertiary/aromatic N) is 1. The van der Waals surface area contributed by atoms with Crippen molar-refractivity contribution >= 4 is 21.8 Å². The Balaban J connectivity index is 2.26. The molecule has 2 aromatic carbocycles. The molecule has 0 aliphatic heterocycles. The topological polar surface area (TPSA) is 90.0 Å². The van der Waals surface area contributed by atoms with Crippen LogP contribution in [0.3, 0.4) is 0 Å². The Morgan fingerprint density at radius 1 is 1.00 bits per heavy atom. The summed E-state index contributed by atoms with van der Waals surface area (Å²) in [5.74, 6) is -1.04. The molecule has 2 aromatic rings. The molecule has 7 nitrogen and oxygen atoms in total. The van der Waals surface area contributed by atoms with Gasteiger partial charge in [0.25, 0.3) is 0 Å². The average molecular weight is 405 g/mol. The summed E-state index contributed by atoms with van der Waals surface area (Å²) in [6.45, 7) is 3.38. The van der Waals surface area contributed by atoms with Crippen LogP contribution in [0, 0.1) is 6.92 Å². The maximum Gasteiger partial charge on any atom is 0.338 e. The van der Waals surface area contributed by atoms with Gasteiger partial charge in [-0.3, -0.25) is 4.79 Å². The maximum absolute atomic E-state index is 12.5. The fourth-order valence-corrected chi connectivity index (χ4v) is 3.51. The van der Waals surface area contributed by atoms with Gasteiger partial charge in [-0.25, -0.2) is 17.5 Å². The number of ketones is 1. The first kappa shape index (κ1) is 21.6. The summed E-state index contributed by atoms with van der Waals surface area (Å²) in [6.07, 6.45) is -1.02.